The van der Waals surface area contributed by atoms with Crippen molar-refractivity contribution >= 4 is 132 Å². The van der Waals surface area contributed by atoms with Gasteiger partial charge in [-0.25, -0.2) is 0 Å². The van der Waals surface area contributed by atoms with Gasteiger partial charge in [0.25, 0.3) is 6.71 Å². The molecular weight excluding hydrogens is 1190 g/mol. The van der Waals surface area contributed by atoms with Crippen LogP contribution in [0.3, 0.4) is 0 Å². The lowest BCUT2D eigenvalue weighted by molar-refractivity contribution is 1.23. The molecule has 0 saturated carbocycles. The number of rotatable bonds is 15. The first-order valence-electron chi connectivity index (χ1n) is 33.3. The second-order valence-corrected chi connectivity index (χ2v) is 32.6. The van der Waals surface area contributed by atoms with Crippen LogP contribution in [-0.4, -0.2) is 22.9 Å². The molecule has 0 unspecified atom stereocenters. The fourth-order valence-electron chi connectivity index (χ4n) is 15.9. The summed E-state index contributed by atoms with van der Waals surface area (Å²) in [6, 6.07) is 151. The van der Waals surface area contributed by atoms with E-state index in [1.807, 2.05) is 0 Å². The van der Waals surface area contributed by atoms with Crippen LogP contribution in [0.1, 0.15) is 0 Å². The average molecular weight is 1260 g/mol. The van der Waals surface area contributed by atoms with Gasteiger partial charge in [-0.2, -0.15) is 0 Å². The van der Waals surface area contributed by atoms with Gasteiger partial charge >= 0.3 is 0 Å². The van der Waals surface area contributed by atoms with Gasteiger partial charge < -0.3 is 14.7 Å². The quantitative estimate of drug-likeness (QED) is 0.0748. The zero-order valence-electron chi connectivity index (χ0n) is 53.0. The molecular formula is C90H66BN3Si2. The van der Waals surface area contributed by atoms with E-state index >= 15 is 0 Å². The summed E-state index contributed by atoms with van der Waals surface area (Å²) in [5.41, 5.74) is 18.2. The highest BCUT2D eigenvalue weighted by molar-refractivity contribution is 7.22. The van der Waals surface area contributed by atoms with E-state index in [1.54, 1.807) is 0 Å². The Morgan fingerprint density at radius 2 is 0.531 bits per heavy atom. The zero-order chi connectivity index (χ0) is 63.8. The van der Waals surface area contributed by atoms with Crippen LogP contribution < -0.4 is 72.6 Å². The van der Waals surface area contributed by atoms with Crippen molar-refractivity contribution in [2.45, 2.75) is 0 Å². The molecule has 2 aliphatic rings. The van der Waals surface area contributed by atoms with Crippen molar-refractivity contribution in [2.75, 3.05) is 14.7 Å². The molecule has 0 bridgehead atoms. The summed E-state index contributed by atoms with van der Waals surface area (Å²) in [5, 5.41) is 10.5. The fraction of sp³-hybridized carbons (Fsp3) is 0. The third-order valence-corrected chi connectivity index (χ3v) is 29.4. The number of benzene rings is 15. The van der Waals surface area contributed by atoms with Crippen molar-refractivity contribution in [1.29, 1.82) is 0 Å². The lowest BCUT2D eigenvalue weighted by Gasteiger charge is -2.46. The monoisotopic (exact) mass is 1260 g/mol. The van der Waals surface area contributed by atoms with Crippen molar-refractivity contribution in [3.63, 3.8) is 0 Å². The minimum atomic E-state index is -3.33. The van der Waals surface area contributed by atoms with Gasteiger partial charge in [-0.3, -0.25) is 0 Å². The van der Waals surface area contributed by atoms with Gasteiger partial charge in [0.2, 0.25) is 0 Å². The predicted octanol–water partition coefficient (Wildman–Crippen LogP) is 15.3. The molecule has 2 aliphatic heterocycles. The van der Waals surface area contributed by atoms with Crippen LogP contribution >= 0.6 is 0 Å². The molecule has 6 heteroatoms. The van der Waals surface area contributed by atoms with E-state index in [0.717, 1.165) is 73.4 Å². The SMILES string of the molecule is c1ccc(-c2cccc(-c3ccccc3)c2N2c3ccccc3B3c4ccccc4N(c4cc([Si](c5ccccc5)(c5ccccc5)c5ccccc5)cc([Si](c5ccccc5)(c5ccccc5)c5ccccc5)c4)c4cc(N(c5ccccc5)c5ccccc5)cc2c43)cc1. The third-order valence-electron chi connectivity index (χ3n) is 19.9. The van der Waals surface area contributed by atoms with E-state index in [-0.39, 0.29) is 6.71 Å². The summed E-state index contributed by atoms with van der Waals surface area (Å²) in [6.45, 7) is -0.157. The van der Waals surface area contributed by atoms with Gasteiger partial charge in [0, 0.05) is 50.9 Å². The van der Waals surface area contributed by atoms with Crippen LogP contribution in [0, 0.1) is 0 Å². The van der Waals surface area contributed by atoms with Gasteiger partial charge in [0.15, 0.2) is 16.1 Å². The summed E-state index contributed by atoms with van der Waals surface area (Å²) >= 11 is 0. The molecule has 15 aromatic carbocycles. The van der Waals surface area contributed by atoms with Crippen LogP contribution in [0.25, 0.3) is 22.3 Å². The summed E-state index contributed by atoms with van der Waals surface area (Å²) < 4.78 is 0. The van der Waals surface area contributed by atoms with Crippen molar-refractivity contribution < 1.29 is 0 Å². The Kier molecular flexibility index (Phi) is 15.1. The molecule has 0 aliphatic carbocycles. The molecule has 0 fully saturated rings. The first-order valence-corrected chi connectivity index (χ1v) is 37.3. The second kappa shape index (κ2) is 24.9. The first kappa shape index (κ1) is 58.1. The molecule has 96 heavy (non-hydrogen) atoms. The number of hydrogen-bond donors (Lipinski definition) is 0. The van der Waals surface area contributed by atoms with E-state index in [1.165, 1.54) is 57.9 Å². The van der Waals surface area contributed by atoms with Crippen molar-refractivity contribution in [3.05, 3.63) is 400 Å². The standard InChI is InChI=1S/C90H66BN3Si2/c1-11-36-67(37-12-1)81-56-35-57-82(68-38-13-2-14-39-68)90(81)94-86-61-34-32-59-84(86)91-83-58-31-33-60-85(83)93(87-64-72(65-88(94)89(87)91)92(69-40-15-3-16-41-69)70-42-17-4-18-43-70)71-62-79(95(73-44-19-5-20-45-73,74-46-21-6-22-47-74)75-48-23-7-24-49-75)66-80(63-71)96(76-50-25-8-26-51-76,77-52-27-9-28-53-77)78-54-29-10-30-55-78/h1-66H. The first-order chi connectivity index (χ1) is 47.7. The molecule has 17 rings (SSSR count). The van der Waals surface area contributed by atoms with Crippen LogP contribution in [0.2, 0.25) is 0 Å². The minimum Gasteiger partial charge on any atom is -0.311 e. The molecule has 0 aromatic heterocycles. The molecule has 0 radical (unpaired) electrons. The Bertz CT molecular complexity index is 4790. The molecule has 2 heterocycles. The van der Waals surface area contributed by atoms with Crippen LogP contribution in [0.5, 0.6) is 0 Å². The number of fused-ring (bicyclic) bond motifs is 4. The lowest BCUT2D eigenvalue weighted by atomic mass is 9.33. The average Bonchev–Trinajstić information content (AvgIpc) is 0.697. The molecule has 452 valence electrons. The Labute approximate surface area is 565 Å². The van der Waals surface area contributed by atoms with Gasteiger partial charge in [-0.1, -0.05) is 340 Å². The highest BCUT2D eigenvalue weighted by Gasteiger charge is 2.49. The third kappa shape index (κ3) is 9.71. The zero-order valence-corrected chi connectivity index (χ0v) is 55.0. The fourth-order valence-corrected chi connectivity index (χ4v) is 25.7. The van der Waals surface area contributed by atoms with Gasteiger partial charge in [-0.05, 0) is 130 Å². The summed E-state index contributed by atoms with van der Waals surface area (Å²) in [7, 11) is -6.66. The van der Waals surface area contributed by atoms with Crippen LogP contribution in [0.4, 0.5) is 51.2 Å². The summed E-state index contributed by atoms with van der Waals surface area (Å²) in [6.07, 6.45) is 0. The number of hydrogen-bond acceptors (Lipinski definition) is 3. The molecule has 0 spiro atoms. The largest absolute Gasteiger partial charge is 0.311 e. The topological polar surface area (TPSA) is 9.72 Å². The van der Waals surface area contributed by atoms with Gasteiger partial charge in [0.05, 0.1) is 11.4 Å². The highest BCUT2D eigenvalue weighted by atomic mass is 28.3. The molecule has 0 saturated heterocycles. The normalized spacial score (nSPS) is 12.3. The maximum Gasteiger partial charge on any atom is 0.252 e. The van der Waals surface area contributed by atoms with Gasteiger partial charge in [0.1, 0.15) is 0 Å². The van der Waals surface area contributed by atoms with Crippen LogP contribution in [0.15, 0.2) is 400 Å². The lowest BCUT2D eigenvalue weighted by Crippen LogP contribution is -2.78. The smallest absolute Gasteiger partial charge is 0.252 e. The number of nitrogens with zero attached hydrogens (tertiary/aromatic N) is 3. The number of anilines is 9. The Balaban J connectivity index is 1.06. The second-order valence-electron chi connectivity index (χ2n) is 25.0. The Hall–Kier alpha value is -11.8. The van der Waals surface area contributed by atoms with E-state index in [2.05, 4.69) is 415 Å². The van der Waals surface area contributed by atoms with Gasteiger partial charge in [-0.15, -0.1) is 0 Å². The summed E-state index contributed by atoms with van der Waals surface area (Å²) in [5.74, 6) is 0. The summed E-state index contributed by atoms with van der Waals surface area (Å²) in [4.78, 5) is 7.78. The van der Waals surface area contributed by atoms with Crippen LogP contribution in [-0.2, 0) is 0 Å². The maximum absolute atomic E-state index is 3.33. The molecule has 3 nitrogen and oxygen atoms in total. The predicted molar refractivity (Wildman–Crippen MR) is 413 cm³/mol. The van der Waals surface area contributed by atoms with E-state index < -0.39 is 16.1 Å². The van der Waals surface area contributed by atoms with E-state index in [4.69, 9.17) is 0 Å². The molecule has 0 atom stereocenters. The molecule has 0 N–H and O–H groups in total. The Morgan fingerprint density at radius 1 is 0.229 bits per heavy atom. The van der Waals surface area contributed by atoms with Crippen molar-refractivity contribution in [1.82, 2.24) is 0 Å². The van der Waals surface area contributed by atoms with Crippen molar-refractivity contribution in [3.8, 4) is 22.3 Å². The Morgan fingerprint density at radius 3 is 0.896 bits per heavy atom. The van der Waals surface area contributed by atoms with E-state index in [0.29, 0.717) is 0 Å². The maximum atomic E-state index is 2.68. The molecule has 0 amide bonds. The molecule has 15 aromatic rings. The van der Waals surface area contributed by atoms with Crippen molar-refractivity contribution in [2.24, 2.45) is 0 Å². The number of para-hydroxylation sites is 5. The van der Waals surface area contributed by atoms with E-state index in [9.17, 15) is 0 Å². The minimum absolute atomic E-state index is 0.157. The highest BCUT2D eigenvalue weighted by Crippen LogP contribution is 2.52.